The summed E-state index contributed by atoms with van der Waals surface area (Å²) in [7, 11) is 0. The Kier molecular flexibility index (Phi) is 6.55. The zero-order chi connectivity index (χ0) is 14.6. The first-order valence-electron chi connectivity index (χ1n) is 6.90. The van der Waals surface area contributed by atoms with Crippen molar-refractivity contribution in [2.24, 2.45) is 5.41 Å². The van der Waals surface area contributed by atoms with Crippen LogP contribution in [0.25, 0.3) is 0 Å². The molecule has 2 rings (SSSR count). The third kappa shape index (κ3) is 4.93. The van der Waals surface area contributed by atoms with Crippen LogP contribution in [-0.2, 0) is 11.2 Å². The summed E-state index contributed by atoms with van der Waals surface area (Å²) in [4.78, 5) is 11.8. The molecular weight excluding hydrogens is 298 g/mol. The van der Waals surface area contributed by atoms with Gasteiger partial charge in [0.2, 0.25) is 5.91 Å². The maximum absolute atomic E-state index is 13.5. The van der Waals surface area contributed by atoms with Crippen LogP contribution in [0.5, 0.6) is 0 Å². The highest BCUT2D eigenvalue weighted by atomic mass is 35.5. The van der Waals surface area contributed by atoms with Crippen LogP contribution in [0.1, 0.15) is 25.3 Å². The van der Waals surface area contributed by atoms with Crippen molar-refractivity contribution < 1.29 is 13.6 Å². The SMILES string of the molecule is CC1(CNC(=O)Cc2c(F)cccc2F)CCNCC1.Cl. The molecule has 0 saturated carbocycles. The summed E-state index contributed by atoms with van der Waals surface area (Å²) in [5.41, 5.74) is -0.102. The van der Waals surface area contributed by atoms with E-state index in [4.69, 9.17) is 0 Å². The Balaban J connectivity index is 0.00000220. The molecule has 1 amide bonds. The van der Waals surface area contributed by atoms with Crippen LogP contribution in [-0.4, -0.2) is 25.5 Å². The highest BCUT2D eigenvalue weighted by Gasteiger charge is 2.27. The van der Waals surface area contributed by atoms with E-state index >= 15 is 0 Å². The molecule has 1 fully saturated rings. The van der Waals surface area contributed by atoms with E-state index in [2.05, 4.69) is 17.6 Å². The smallest absolute Gasteiger partial charge is 0.224 e. The van der Waals surface area contributed by atoms with E-state index in [9.17, 15) is 13.6 Å². The molecule has 1 saturated heterocycles. The predicted molar refractivity (Wildman–Crippen MR) is 80.5 cm³/mol. The van der Waals surface area contributed by atoms with Crippen LogP contribution in [0, 0.1) is 17.0 Å². The summed E-state index contributed by atoms with van der Waals surface area (Å²) in [6.07, 6.45) is 1.72. The standard InChI is InChI=1S/C15H20F2N2O.ClH/c1-15(5-7-18-8-6-15)10-19-14(20)9-11-12(16)3-2-4-13(11)17;/h2-4,18H,5-10H2,1H3,(H,19,20);1H. The van der Waals surface area contributed by atoms with Crippen LogP contribution in [0.3, 0.4) is 0 Å². The van der Waals surface area contributed by atoms with Gasteiger partial charge in [0.05, 0.1) is 6.42 Å². The predicted octanol–water partition coefficient (Wildman–Crippen LogP) is 2.44. The molecule has 21 heavy (non-hydrogen) atoms. The number of benzene rings is 1. The van der Waals surface area contributed by atoms with Crippen molar-refractivity contribution in [1.82, 2.24) is 10.6 Å². The molecular formula is C15H21ClF2N2O. The third-order valence-electron chi connectivity index (χ3n) is 3.92. The molecule has 1 aromatic carbocycles. The van der Waals surface area contributed by atoms with Crippen molar-refractivity contribution in [2.45, 2.75) is 26.2 Å². The second-order valence-electron chi connectivity index (χ2n) is 5.71. The Morgan fingerprint density at radius 2 is 1.86 bits per heavy atom. The van der Waals surface area contributed by atoms with Crippen LogP contribution in [0.2, 0.25) is 0 Å². The van der Waals surface area contributed by atoms with Crippen molar-refractivity contribution in [1.29, 1.82) is 0 Å². The van der Waals surface area contributed by atoms with Crippen LogP contribution in [0.15, 0.2) is 18.2 Å². The fourth-order valence-corrected chi connectivity index (χ4v) is 2.44. The van der Waals surface area contributed by atoms with Gasteiger partial charge in [-0.15, -0.1) is 12.4 Å². The summed E-state index contributed by atoms with van der Waals surface area (Å²) in [5.74, 6) is -1.68. The Hall–Kier alpha value is -1.20. The van der Waals surface area contributed by atoms with Crippen molar-refractivity contribution in [3.05, 3.63) is 35.4 Å². The van der Waals surface area contributed by atoms with E-state index < -0.39 is 11.6 Å². The van der Waals surface area contributed by atoms with Gasteiger partial charge in [-0.25, -0.2) is 8.78 Å². The Morgan fingerprint density at radius 3 is 2.43 bits per heavy atom. The molecule has 0 aliphatic carbocycles. The fourth-order valence-electron chi connectivity index (χ4n) is 2.44. The lowest BCUT2D eigenvalue weighted by Crippen LogP contribution is -2.43. The van der Waals surface area contributed by atoms with E-state index in [0.29, 0.717) is 6.54 Å². The largest absolute Gasteiger partial charge is 0.355 e. The van der Waals surface area contributed by atoms with Crippen molar-refractivity contribution in [3.8, 4) is 0 Å². The Labute approximate surface area is 129 Å². The molecule has 0 atom stereocenters. The molecule has 1 aromatic rings. The number of hydrogen-bond donors (Lipinski definition) is 2. The number of amides is 1. The molecule has 2 N–H and O–H groups in total. The minimum atomic E-state index is -0.673. The third-order valence-corrected chi connectivity index (χ3v) is 3.92. The minimum absolute atomic E-state index is 0. The first-order valence-corrected chi connectivity index (χ1v) is 6.90. The van der Waals surface area contributed by atoms with Crippen LogP contribution in [0.4, 0.5) is 8.78 Å². The molecule has 1 aliphatic rings. The molecule has 1 heterocycles. The summed E-state index contributed by atoms with van der Waals surface area (Å²) in [6, 6.07) is 3.63. The molecule has 0 bridgehead atoms. The van der Waals surface area contributed by atoms with E-state index in [1.807, 2.05) is 0 Å². The van der Waals surface area contributed by atoms with Gasteiger partial charge in [0.1, 0.15) is 11.6 Å². The highest BCUT2D eigenvalue weighted by molar-refractivity contribution is 5.85. The van der Waals surface area contributed by atoms with Gasteiger partial charge >= 0.3 is 0 Å². The van der Waals surface area contributed by atoms with Gasteiger partial charge in [-0.3, -0.25) is 4.79 Å². The monoisotopic (exact) mass is 318 g/mol. The lowest BCUT2D eigenvalue weighted by molar-refractivity contribution is -0.121. The maximum atomic E-state index is 13.5. The van der Waals surface area contributed by atoms with Crippen LogP contribution < -0.4 is 10.6 Å². The second kappa shape index (κ2) is 7.71. The lowest BCUT2D eigenvalue weighted by Gasteiger charge is -2.34. The topological polar surface area (TPSA) is 41.1 Å². The van der Waals surface area contributed by atoms with E-state index in [1.165, 1.54) is 18.2 Å². The van der Waals surface area contributed by atoms with Gasteiger partial charge in [-0.05, 0) is 43.5 Å². The number of halogens is 3. The lowest BCUT2D eigenvalue weighted by atomic mass is 9.81. The van der Waals surface area contributed by atoms with Gasteiger partial charge in [0.15, 0.2) is 0 Å². The van der Waals surface area contributed by atoms with Crippen LogP contribution >= 0.6 is 12.4 Å². The first kappa shape index (κ1) is 17.9. The van der Waals surface area contributed by atoms with E-state index in [-0.39, 0.29) is 35.7 Å². The number of nitrogens with one attached hydrogen (secondary N) is 2. The average Bonchev–Trinajstić information content (AvgIpc) is 2.42. The molecule has 0 aromatic heterocycles. The molecule has 118 valence electrons. The minimum Gasteiger partial charge on any atom is -0.355 e. The molecule has 0 unspecified atom stereocenters. The highest BCUT2D eigenvalue weighted by Crippen LogP contribution is 2.26. The van der Waals surface area contributed by atoms with E-state index in [0.717, 1.165) is 25.9 Å². The quantitative estimate of drug-likeness (QED) is 0.895. The number of piperidine rings is 1. The van der Waals surface area contributed by atoms with Gasteiger partial charge < -0.3 is 10.6 Å². The van der Waals surface area contributed by atoms with Crippen molar-refractivity contribution in [2.75, 3.05) is 19.6 Å². The number of hydrogen-bond acceptors (Lipinski definition) is 2. The molecule has 3 nitrogen and oxygen atoms in total. The molecule has 6 heteroatoms. The first-order chi connectivity index (χ1) is 9.50. The van der Waals surface area contributed by atoms with Crippen molar-refractivity contribution in [3.63, 3.8) is 0 Å². The number of carbonyl (C=O) groups is 1. The second-order valence-corrected chi connectivity index (χ2v) is 5.71. The van der Waals surface area contributed by atoms with Crippen molar-refractivity contribution >= 4 is 18.3 Å². The number of rotatable bonds is 4. The number of carbonyl (C=O) groups excluding carboxylic acids is 1. The van der Waals surface area contributed by atoms with Gasteiger partial charge in [0, 0.05) is 12.1 Å². The van der Waals surface area contributed by atoms with Gasteiger partial charge in [0.25, 0.3) is 0 Å². The Bertz CT molecular complexity index is 470. The van der Waals surface area contributed by atoms with E-state index in [1.54, 1.807) is 0 Å². The summed E-state index contributed by atoms with van der Waals surface area (Å²) in [5, 5.41) is 6.07. The molecule has 1 aliphatic heterocycles. The Morgan fingerprint density at radius 1 is 1.29 bits per heavy atom. The molecule has 0 radical (unpaired) electrons. The summed E-state index contributed by atoms with van der Waals surface area (Å²) >= 11 is 0. The summed E-state index contributed by atoms with van der Waals surface area (Å²) < 4.78 is 26.9. The summed E-state index contributed by atoms with van der Waals surface area (Å²) in [6.45, 7) is 4.55. The average molecular weight is 319 g/mol. The van der Waals surface area contributed by atoms with Gasteiger partial charge in [-0.1, -0.05) is 13.0 Å². The molecule has 0 spiro atoms. The zero-order valence-corrected chi connectivity index (χ0v) is 12.9. The maximum Gasteiger partial charge on any atom is 0.224 e. The normalized spacial score (nSPS) is 16.9. The zero-order valence-electron chi connectivity index (χ0n) is 12.0. The fraction of sp³-hybridized carbons (Fsp3) is 0.533. The van der Waals surface area contributed by atoms with Gasteiger partial charge in [-0.2, -0.15) is 0 Å².